The van der Waals surface area contributed by atoms with Crippen molar-refractivity contribution in [1.82, 2.24) is 5.32 Å². The number of hydrogen-bond acceptors (Lipinski definition) is 2. The van der Waals surface area contributed by atoms with Crippen LogP contribution in [0.5, 0.6) is 0 Å². The summed E-state index contributed by atoms with van der Waals surface area (Å²) in [5.41, 5.74) is 4.03. The second-order valence-electron chi connectivity index (χ2n) is 4.17. The summed E-state index contributed by atoms with van der Waals surface area (Å²) < 4.78 is 5.08. The highest BCUT2D eigenvalue weighted by atomic mass is 16.5. The quantitative estimate of drug-likeness (QED) is 0.800. The lowest BCUT2D eigenvalue weighted by Gasteiger charge is -2.14. The van der Waals surface area contributed by atoms with Crippen LogP contribution in [0.4, 0.5) is 0 Å². The van der Waals surface area contributed by atoms with Crippen molar-refractivity contribution >= 4 is 0 Å². The number of nitrogens with one attached hydrogen (secondary N) is 1. The van der Waals surface area contributed by atoms with Gasteiger partial charge in [0.25, 0.3) is 0 Å². The molecule has 0 unspecified atom stereocenters. The second-order valence-corrected chi connectivity index (χ2v) is 4.17. The van der Waals surface area contributed by atoms with Crippen molar-refractivity contribution < 1.29 is 4.74 Å². The Morgan fingerprint density at radius 1 is 1.33 bits per heavy atom. The Hall–Kier alpha value is -0.860. The van der Waals surface area contributed by atoms with Crippen molar-refractivity contribution in [2.75, 3.05) is 13.7 Å². The molecule has 1 atom stereocenters. The fraction of sp³-hybridized carbons (Fsp3) is 0.538. The van der Waals surface area contributed by atoms with Crippen LogP contribution in [0.3, 0.4) is 0 Å². The van der Waals surface area contributed by atoms with E-state index in [1.54, 1.807) is 7.11 Å². The number of ether oxygens (including phenoxy) is 1. The first-order valence-corrected chi connectivity index (χ1v) is 5.42. The van der Waals surface area contributed by atoms with Gasteiger partial charge in [-0.3, -0.25) is 0 Å². The van der Waals surface area contributed by atoms with Gasteiger partial charge in [-0.2, -0.15) is 0 Å². The molecule has 1 N–H and O–H groups in total. The van der Waals surface area contributed by atoms with Crippen LogP contribution in [0.15, 0.2) is 18.2 Å². The van der Waals surface area contributed by atoms with Gasteiger partial charge in [0.15, 0.2) is 0 Å². The third kappa shape index (κ3) is 4.02. The van der Waals surface area contributed by atoms with Gasteiger partial charge >= 0.3 is 0 Å². The van der Waals surface area contributed by atoms with Gasteiger partial charge in [0.05, 0.1) is 6.61 Å². The topological polar surface area (TPSA) is 21.3 Å². The molecular weight excluding hydrogens is 186 g/mol. The minimum atomic E-state index is 0.398. The zero-order valence-electron chi connectivity index (χ0n) is 10.1. The van der Waals surface area contributed by atoms with Crippen LogP contribution in [-0.4, -0.2) is 19.8 Å². The van der Waals surface area contributed by atoms with E-state index >= 15 is 0 Å². The average Bonchev–Trinajstić information content (AvgIpc) is 2.20. The molecular formula is C13H21NO. The van der Waals surface area contributed by atoms with Crippen molar-refractivity contribution in [2.24, 2.45) is 0 Å². The summed E-state index contributed by atoms with van der Waals surface area (Å²) in [6.07, 6.45) is 0. The molecule has 0 aliphatic rings. The lowest BCUT2D eigenvalue weighted by atomic mass is 10.1. The van der Waals surface area contributed by atoms with Gasteiger partial charge in [0.1, 0.15) is 0 Å². The van der Waals surface area contributed by atoms with E-state index in [9.17, 15) is 0 Å². The fourth-order valence-electron chi connectivity index (χ4n) is 1.58. The average molecular weight is 207 g/mol. The molecule has 0 heterocycles. The first-order chi connectivity index (χ1) is 7.13. The molecule has 0 aromatic heterocycles. The maximum absolute atomic E-state index is 5.08. The number of aryl methyl sites for hydroxylation is 2. The van der Waals surface area contributed by atoms with E-state index in [2.05, 4.69) is 44.3 Å². The molecule has 0 spiro atoms. The van der Waals surface area contributed by atoms with E-state index in [0.717, 1.165) is 13.2 Å². The van der Waals surface area contributed by atoms with Crippen LogP contribution in [0.1, 0.15) is 23.6 Å². The van der Waals surface area contributed by atoms with E-state index < -0.39 is 0 Å². The summed E-state index contributed by atoms with van der Waals surface area (Å²) in [6, 6.07) is 6.96. The largest absolute Gasteiger partial charge is 0.383 e. The maximum atomic E-state index is 5.08. The highest BCUT2D eigenvalue weighted by molar-refractivity contribution is 5.30. The van der Waals surface area contributed by atoms with Crippen LogP contribution in [-0.2, 0) is 11.3 Å². The van der Waals surface area contributed by atoms with Crippen molar-refractivity contribution in [3.8, 4) is 0 Å². The Kier molecular flexibility index (Phi) is 4.79. The third-order valence-corrected chi connectivity index (χ3v) is 2.56. The summed E-state index contributed by atoms with van der Waals surface area (Å²) in [4.78, 5) is 0. The molecule has 0 bridgehead atoms. The SMILES string of the molecule is COC[C@@H](C)NCc1cc(C)ccc1C. The molecule has 84 valence electrons. The van der Waals surface area contributed by atoms with Gasteiger partial charge in [-0.25, -0.2) is 0 Å². The Bertz CT molecular complexity index is 309. The molecule has 1 aromatic rings. The van der Waals surface area contributed by atoms with Gasteiger partial charge < -0.3 is 10.1 Å². The highest BCUT2D eigenvalue weighted by Gasteiger charge is 2.02. The first-order valence-electron chi connectivity index (χ1n) is 5.42. The summed E-state index contributed by atoms with van der Waals surface area (Å²) in [5, 5.41) is 3.44. The standard InChI is InChI=1S/C13H21NO/c1-10-5-6-11(2)13(7-10)8-14-12(3)9-15-4/h5-7,12,14H,8-9H2,1-4H3/t12-/m1/s1. The zero-order valence-corrected chi connectivity index (χ0v) is 10.1. The molecule has 0 fully saturated rings. The molecule has 1 rings (SSSR count). The second kappa shape index (κ2) is 5.89. The van der Waals surface area contributed by atoms with E-state index in [1.807, 2.05) is 0 Å². The molecule has 0 aliphatic carbocycles. The number of benzene rings is 1. The van der Waals surface area contributed by atoms with Crippen LogP contribution in [0.2, 0.25) is 0 Å². The first kappa shape index (κ1) is 12.2. The highest BCUT2D eigenvalue weighted by Crippen LogP contribution is 2.10. The van der Waals surface area contributed by atoms with Crippen LogP contribution >= 0.6 is 0 Å². The molecule has 0 aliphatic heterocycles. The van der Waals surface area contributed by atoms with E-state index in [-0.39, 0.29) is 0 Å². The molecule has 2 heteroatoms. The van der Waals surface area contributed by atoms with E-state index in [1.165, 1.54) is 16.7 Å². The smallest absolute Gasteiger partial charge is 0.0613 e. The van der Waals surface area contributed by atoms with Crippen LogP contribution < -0.4 is 5.32 Å². The Labute approximate surface area is 92.6 Å². The van der Waals surface area contributed by atoms with Crippen molar-refractivity contribution in [3.05, 3.63) is 34.9 Å². The minimum Gasteiger partial charge on any atom is -0.383 e. The molecule has 0 saturated heterocycles. The molecule has 1 aromatic carbocycles. The monoisotopic (exact) mass is 207 g/mol. The number of methoxy groups -OCH3 is 1. The van der Waals surface area contributed by atoms with Crippen LogP contribution in [0, 0.1) is 13.8 Å². The molecule has 15 heavy (non-hydrogen) atoms. The van der Waals surface area contributed by atoms with Gasteiger partial charge in [0.2, 0.25) is 0 Å². The van der Waals surface area contributed by atoms with Gasteiger partial charge in [-0.15, -0.1) is 0 Å². The Morgan fingerprint density at radius 2 is 2.07 bits per heavy atom. The lowest BCUT2D eigenvalue weighted by molar-refractivity contribution is 0.171. The number of rotatable bonds is 5. The molecule has 0 radical (unpaired) electrons. The van der Waals surface area contributed by atoms with Crippen molar-refractivity contribution in [2.45, 2.75) is 33.4 Å². The summed E-state index contributed by atoms with van der Waals surface area (Å²) >= 11 is 0. The molecule has 0 saturated carbocycles. The van der Waals surface area contributed by atoms with Crippen molar-refractivity contribution in [3.63, 3.8) is 0 Å². The van der Waals surface area contributed by atoms with E-state index in [0.29, 0.717) is 6.04 Å². The normalized spacial score (nSPS) is 12.8. The predicted molar refractivity (Wildman–Crippen MR) is 64.1 cm³/mol. The Morgan fingerprint density at radius 3 is 2.73 bits per heavy atom. The zero-order chi connectivity index (χ0) is 11.3. The summed E-state index contributed by atoms with van der Waals surface area (Å²) in [5.74, 6) is 0. The van der Waals surface area contributed by atoms with Crippen molar-refractivity contribution in [1.29, 1.82) is 0 Å². The third-order valence-electron chi connectivity index (χ3n) is 2.56. The summed E-state index contributed by atoms with van der Waals surface area (Å²) in [6.45, 7) is 8.08. The molecule has 2 nitrogen and oxygen atoms in total. The van der Waals surface area contributed by atoms with Gasteiger partial charge in [-0.05, 0) is 31.9 Å². The van der Waals surface area contributed by atoms with Crippen LogP contribution in [0.25, 0.3) is 0 Å². The summed E-state index contributed by atoms with van der Waals surface area (Å²) in [7, 11) is 1.73. The number of hydrogen-bond donors (Lipinski definition) is 1. The molecule has 0 amide bonds. The van der Waals surface area contributed by atoms with Gasteiger partial charge in [0, 0.05) is 19.7 Å². The fourth-order valence-corrected chi connectivity index (χ4v) is 1.58. The predicted octanol–water partition coefficient (Wildman–Crippen LogP) is 2.43. The lowest BCUT2D eigenvalue weighted by Crippen LogP contribution is -2.29. The Balaban J connectivity index is 2.53. The van der Waals surface area contributed by atoms with Gasteiger partial charge in [-0.1, -0.05) is 23.8 Å². The van der Waals surface area contributed by atoms with E-state index in [4.69, 9.17) is 4.74 Å². The minimum absolute atomic E-state index is 0.398. The maximum Gasteiger partial charge on any atom is 0.0613 e.